The van der Waals surface area contributed by atoms with Gasteiger partial charge < -0.3 is 14.8 Å². The van der Waals surface area contributed by atoms with Crippen LogP contribution in [0.3, 0.4) is 0 Å². The minimum absolute atomic E-state index is 0.0702. The van der Waals surface area contributed by atoms with Gasteiger partial charge in [0.15, 0.2) is 9.84 Å². The second-order valence-corrected chi connectivity index (χ2v) is 9.24. The van der Waals surface area contributed by atoms with Gasteiger partial charge in [-0.15, -0.1) is 0 Å². The number of carboxylic acid groups (broad SMARTS) is 1. The molecule has 0 fully saturated rings. The summed E-state index contributed by atoms with van der Waals surface area (Å²) in [4.78, 5) is 12.5. The van der Waals surface area contributed by atoms with E-state index < -0.39 is 21.6 Å². The number of sulfone groups is 1. The Hall–Kier alpha value is -3.84. The van der Waals surface area contributed by atoms with Crippen LogP contribution in [0, 0.1) is 0 Å². The fourth-order valence-corrected chi connectivity index (χ4v) is 4.94. The maximum absolute atomic E-state index is 13.0. The van der Waals surface area contributed by atoms with Gasteiger partial charge in [0, 0.05) is 17.7 Å². The van der Waals surface area contributed by atoms with E-state index in [2.05, 4.69) is 5.32 Å². The Morgan fingerprint density at radius 3 is 2.22 bits per heavy atom. The molecule has 0 unspecified atom stereocenters. The zero-order chi connectivity index (χ0) is 22.6. The summed E-state index contributed by atoms with van der Waals surface area (Å²) in [6, 6.07) is 22.6. The van der Waals surface area contributed by atoms with Gasteiger partial charge in [0.2, 0.25) is 0 Å². The SMILES string of the molecule is O=C(O)c1c(CS(=O)(=O)c2ccccc2)ccc(-c2ccoc2)c1NCc1ccccc1. The lowest BCUT2D eigenvalue weighted by Crippen LogP contribution is -2.14. The van der Waals surface area contributed by atoms with E-state index in [-0.39, 0.29) is 16.0 Å². The number of aromatic carboxylic acids is 1. The fraction of sp³-hybridized carbons (Fsp3) is 0.0800. The summed E-state index contributed by atoms with van der Waals surface area (Å²) < 4.78 is 31.1. The Morgan fingerprint density at radius 2 is 1.59 bits per heavy atom. The minimum Gasteiger partial charge on any atom is -0.478 e. The van der Waals surface area contributed by atoms with Gasteiger partial charge in [-0.25, -0.2) is 13.2 Å². The Morgan fingerprint density at radius 1 is 0.906 bits per heavy atom. The molecule has 0 atom stereocenters. The third-order valence-electron chi connectivity index (χ3n) is 5.10. The van der Waals surface area contributed by atoms with E-state index in [1.54, 1.807) is 36.4 Å². The normalized spacial score (nSPS) is 11.2. The van der Waals surface area contributed by atoms with Crippen LogP contribution in [0.1, 0.15) is 21.5 Å². The molecule has 1 aromatic heterocycles. The quantitative estimate of drug-likeness (QED) is 0.384. The van der Waals surface area contributed by atoms with E-state index in [4.69, 9.17) is 4.42 Å². The first-order chi connectivity index (χ1) is 15.5. The van der Waals surface area contributed by atoms with Crippen LogP contribution in [-0.4, -0.2) is 19.5 Å². The lowest BCUT2D eigenvalue weighted by atomic mass is 9.97. The lowest BCUT2D eigenvalue weighted by Gasteiger charge is -2.18. The zero-order valence-corrected chi connectivity index (χ0v) is 17.9. The molecule has 32 heavy (non-hydrogen) atoms. The second-order valence-electron chi connectivity index (χ2n) is 7.25. The highest BCUT2D eigenvalue weighted by Gasteiger charge is 2.25. The molecule has 2 N–H and O–H groups in total. The molecule has 0 aliphatic heterocycles. The van der Waals surface area contributed by atoms with Crippen molar-refractivity contribution in [2.45, 2.75) is 17.2 Å². The van der Waals surface area contributed by atoms with Crippen LogP contribution in [0.5, 0.6) is 0 Å². The average molecular weight is 448 g/mol. The van der Waals surface area contributed by atoms with Crippen molar-refractivity contribution in [2.75, 3.05) is 5.32 Å². The molecule has 162 valence electrons. The number of carbonyl (C=O) groups is 1. The zero-order valence-electron chi connectivity index (χ0n) is 17.1. The maximum Gasteiger partial charge on any atom is 0.338 e. The van der Waals surface area contributed by atoms with E-state index in [1.165, 1.54) is 24.7 Å². The topological polar surface area (TPSA) is 96.6 Å². The van der Waals surface area contributed by atoms with Gasteiger partial charge in [-0.05, 0) is 29.3 Å². The van der Waals surface area contributed by atoms with Gasteiger partial charge in [-0.1, -0.05) is 60.7 Å². The summed E-state index contributed by atoms with van der Waals surface area (Å²) in [5.41, 5.74) is 2.77. The second kappa shape index (κ2) is 9.11. The Kier molecular flexibility index (Phi) is 6.09. The predicted octanol–water partition coefficient (Wildman–Crippen LogP) is 5.23. The van der Waals surface area contributed by atoms with Crippen molar-refractivity contribution in [1.29, 1.82) is 0 Å². The highest BCUT2D eigenvalue weighted by molar-refractivity contribution is 7.90. The molecule has 0 bridgehead atoms. The molecule has 4 aromatic rings. The minimum atomic E-state index is -3.73. The summed E-state index contributed by atoms with van der Waals surface area (Å²) in [5, 5.41) is 13.3. The summed E-state index contributed by atoms with van der Waals surface area (Å²) in [7, 11) is -3.73. The molecule has 0 radical (unpaired) electrons. The van der Waals surface area contributed by atoms with Gasteiger partial charge in [0.05, 0.1) is 34.4 Å². The number of hydrogen-bond donors (Lipinski definition) is 2. The molecule has 6 nitrogen and oxygen atoms in total. The molecule has 0 saturated heterocycles. The van der Waals surface area contributed by atoms with E-state index in [9.17, 15) is 18.3 Å². The number of benzene rings is 3. The largest absolute Gasteiger partial charge is 0.478 e. The summed E-state index contributed by atoms with van der Waals surface area (Å²) in [6.45, 7) is 0.376. The molecule has 0 aliphatic carbocycles. The Balaban J connectivity index is 1.80. The smallest absolute Gasteiger partial charge is 0.338 e. The van der Waals surface area contributed by atoms with Crippen LogP contribution in [0.4, 0.5) is 5.69 Å². The van der Waals surface area contributed by atoms with Crippen molar-refractivity contribution in [3.8, 4) is 11.1 Å². The highest BCUT2D eigenvalue weighted by Crippen LogP contribution is 2.35. The number of rotatable bonds is 8. The highest BCUT2D eigenvalue weighted by atomic mass is 32.2. The van der Waals surface area contributed by atoms with Crippen molar-refractivity contribution in [3.05, 3.63) is 108 Å². The number of nitrogens with one attached hydrogen (secondary N) is 1. The number of furan rings is 1. The summed E-state index contributed by atoms with van der Waals surface area (Å²) in [6.07, 6.45) is 3.03. The Labute approximate surface area is 186 Å². The van der Waals surface area contributed by atoms with Crippen LogP contribution in [0.25, 0.3) is 11.1 Å². The van der Waals surface area contributed by atoms with Crippen LogP contribution >= 0.6 is 0 Å². The molecule has 7 heteroatoms. The molecule has 3 aromatic carbocycles. The fourth-order valence-electron chi connectivity index (χ4n) is 3.55. The van der Waals surface area contributed by atoms with E-state index in [0.29, 0.717) is 23.4 Å². The summed E-state index contributed by atoms with van der Waals surface area (Å²) in [5.74, 6) is -1.63. The summed E-state index contributed by atoms with van der Waals surface area (Å²) >= 11 is 0. The number of carboxylic acids is 1. The van der Waals surface area contributed by atoms with Crippen molar-refractivity contribution in [1.82, 2.24) is 0 Å². The van der Waals surface area contributed by atoms with Crippen molar-refractivity contribution < 1.29 is 22.7 Å². The van der Waals surface area contributed by atoms with Gasteiger partial charge in [0.1, 0.15) is 0 Å². The van der Waals surface area contributed by atoms with Crippen molar-refractivity contribution >= 4 is 21.5 Å². The molecular weight excluding hydrogens is 426 g/mol. The van der Waals surface area contributed by atoms with Crippen LogP contribution in [0.2, 0.25) is 0 Å². The standard InChI is InChI=1S/C25H21NO5S/c27-25(28)23-20(17-32(29,30)21-9-5-2-6-10-21)11-12-22(19-13-14-31-16-19)24(23)26-15-18-7-3-1-4-8-18/h1-14,16,26H,15,17H2,(H,27,28). The molecule has 0 spiro atoms. The van der Waals surface area contributed by atoms with Crippen molar-refractivity contribution in [2.24, 2.45) is 0 Å². The maximum atomic E-state index is 13.0. The van der Waals surface area contributed by atoms with Gasteiger partial charge in [-0.2, -0.15) is 0 Å². The lowest BCUT2D eigenvalue weighted by molar-refractivity contribution is 0.0697. The first-order valence-electron chi connectivity index (χ1n) is 9.93. The van der Waals surface area contributed by atoms with Crippen LogP contribution < -0.4 is 5.32 Å². The molecular formula is C25H21NO5S. The monoisotopic (exact) mass is 447 g/mol. The molecule has 0 amide bonds. The van der Waals surface area contributed by atoms with Gasteiger partial charge >= 0.3 is 5.97 Å². The van der Waals surface area contributed by atoms with Crippen molar-refractivity contribution in [3.63, 3.8) is 0 Å². The van der Waals surface area contributed by atoms with E-state index in [0.717, 1.165) is 5.56 Å². The molecule has 0 saturated carbocycles. The molecule has 4 rings (SSSR count). The third-order valence-corrected chi connectivity index (χ3v) is 6.78. The van der Waals surface area contributed by atoms with E-state index in [1.807, 2.05) is 30.3 Å². The number of hydrogen-bond acceptors (Lipinski definition) is 5. The first-order valence-corrected chi connectivity index (χ1v) is 11.6. The van der Waals surface area contributed by atoms with Gasteiger partial charge in [0.25, 0.3) is 0 Å². The Bertz CT molecular complexity index is 1320. The predicted molar refractivity (Wildman–Crippen MR) is 122 cm³/mol. The molecule has 0 aliphatic rings. The average Bonchev–Trinajstić information content (AvgIpc) is 3.33. The van der Waals surface area contributed by atoms with Crippen LogP contribution in [-0.2, 0) is 22.1 Å². The third kappa shape index (κ3) is 4.58. The van der Waals surface area contributed by atoms with Crippen LogP contribution in [0.15, 0.2) is 101 Å². The first kappa shape index (κ1) is 21.4. The number of anilines is 1. The van der Waals surface area contributed by atoms with Gasteiger partial charge in [-0.3, -0.25) is 0 Å². The molecule has 1 heterocycles. The van der Waals surface area contributed by atoms with E-state index >= 15 is 0 Å².